The summed E-state index contributed by atoms with van der Waals surface area (Å²) in [4.78, 5) is 24.9. The lowest BCUT2D eigenvalue weighted by Crippen LogP contribution is -2.48. The molecule has 2 aliphatic rings. The third kappa shape index (κ3) is 5.91. The third-order valence-electron chi connectivity index (χ3n) is 8.33. The highest BCUT2D eigenvalue weighted by atomic mass is 16.1. The first-order chi connectivity index (χ1) is 17.9. The van der Waals surface area contributed by atoms with E-state index in [0.717, 1.165) is 29.6 Å². The van der Waals surface area contributed by atoms with Gasteiger partial charge in [0.2, 0.25) is 5.91 Å². The van der Waals surface area contributed by atoms with Crippen molar-refractivity contribution in [1.29, 1.82) is 0 Å². The Hall–Kier alpha value is -2.70. The molecular weight excluding hydrogens is 458 g/mol. The van der Waals surface area contributed by atoms with E-state index in [1.54, 1.807) is 6.20 Å². The number of likely N-dealkylation sites (tertiary alicyclic amines) is 2. The van der Waals surface area contributed by atoms with Gasteiger partial charge < -0.3 is 20.1 Å². The SMILES string of the molecule is CCc1c(-c2ccnc(NC(C)=O)c2)[nH]c2ccc(C3CCN(C4CCN(CC(C)C)CC4)CC3)cc12. The van der Waals surface area contributed by atoms with Crippen molar-refractivity contribution in [1.82, 2.24) is 19.8 Å². The van der Waals surface area contributed by atoms with Gasteiger partial charge in [-0.05, 0) is 106 Å². The molecule has 2 aromatic heterocycles. The molecule has 2 aliphatic heterocycles. The Morgan fingerprint density at radius 2 is 1.84 bits per heavy atom. The average molecular weight is 502 g/mol. The fourth-order valence-electron chi connectivity index (χ4n) is 6.55. The molecule has 1 amide bonds. The number of rotatable bonds is 7. The zero-order valence-electron chi connectivity index (χ0n) is 23.0. The molecule has 0 aliphatic carbocycles. The van der Waals surface area contributed by atoms with Crippen molar-refractivity contribution in [3.05, 3.63) is 47.7 Å². The number of hydrogen-bond acceptors (Lipinski definition) is 4. The zero-order chi connectivity index (χ0) is 25.9. The number of nitrogens with zero attached hydrogens (tertiary/aromatic N) is 3. The molecule has 6 heteroatoms. The fraction of sp³-hybridized carbons (Fsp3) is 0.548. The standard InChI is InChI=1S/C31H43N5O/c1-5-27-28-18-24(6-7-29(28)34-31(27)25-8-13-32-30(19-25)33-22(4)37)23-9-16-36(17-10-23)26-11-14-35(15-12-26)20-21(2)3/h6-8,13,18-19,21,23,26,34H,5,9-12,14-17,20H2,1-4H3,(H,32,33,37). The van der Waals surface area contributed by atoms with Crippen LogP contribution < -0.4 is 5.32 Å². The monoisotopic (exact) mass is 501 g/mol. The molecule has 3 aromatic rings. The minimum absolute atomic E-state index is 0.107. The van der Waals surface area contributed by atoms with Crippen molar-refractivity contribution in [3.63, 3.8) is 0 Å². The molecule has 4 heterocycles. The van der Waals surface area contributed by atoms with Crippen LogP contribution in [0.4, 0.5) is 5.82 Å². The Balaban J connectivity index is 1.28. The van der Waals surface area contributed by atoms with Gasteiger partial charge in [0.05, 0.1) is 0 Å². The number of fused-ring (bicyclic) bond motifs is 1. The van der Waals surface area contributed by atoms with Crippen molar-refractivity contribution in [2.24, 2.45) is 5.92 Å². The number of anilines is 1. The molecule has 2 N–H and O–H groups in total. The van der Waals surface area contributed by atoms with Gasteiger partial charge in [-0.15, -0.1) is 0 Å². The Morgan fingerprint density at radius 3 is 2.51 bits per heavy atom. The quantitative estimate of drug-likeness (QED) is 0.414. The average Bonchev–Trinajstić information content (AvgIpc) is 3.27. The maximum Gasteiger partial charge on any atom is 0.222 e. The van der Waals surface area contributed by atoms with Crippen LogP contribution in [-0.2, 0) is 11.2 Å². The normalized spacial score (nSPS) is 18.6. The van der Waals surface area contributed by atoms with E-state index in [1.807, 2.05) is 12.1 Å². The van der Waals surface area contributed by atoms with Crippen molar-refractivity contribution < 1.29 is 4.79 Å². The lowest BCUT2D eigenvalue weighted by molar-refractivity contribution is -0.114. The smallest absolute Gasteiger partial charge is 0.222 e. The molecule has 37 heavy (non-hydrogen) atoms. The summed E-state index contributed by atoms with van der Waals surface area (Å²) < 4.78 is 0. The Kier molecular flexibility index (Phi) is 7.96. The Labute approximate surface area is 221 Å². The molecule has 0 radical (unpaired) electrons. The van der Waals surface area contributed by atoms with Crippen LogP contribution in [0.2, 0.25) is 0 Å². The van der Waals surface area contributed by atoms with Crippen LogP contribution in [0.15, 0.2) is 36.5 Å². The predicted octanol–water partition coefficient (Wildman–Crippen LogP) is 6.05. The summed E-state index contributed by atoms with van der Waals surface area (Å²) in [7, 11) is 0. The van der Waals surface area contributed by atoms with Gasteiger partial charge in [-0.2, -0.15) is 0 Å². The number of aromatic amines is 1. The van der Waals surface area contributed by atoms with E-state index in [2.05, 4.69) is 64.1 Å². The molecule has 0 spiro atoms. The molecule has 0 unspecified atom stereocenters. The zero-order valence-corrected chi connectivity index (χ0v) is 23.0. The molecule has 0 atom stereocenters. The molecule has 5 rings (SSSR count). The number of hydrogen-bond donors (Lipinski definition) is 2. The predicted molar refractivity (Wildman–Crippen MR) is 153 cm³/mol. The lowest BCUT2D eigenvalue weighted by atomic mass is 9.87. The molecule has 2 fully saturated rings. The topological polar surface area (TPSA) is 64.3 Å². The van der Waals surface area contributed by atoms with Gasteiger partial charge in [0.1, 0.15) is 5.82 Å². The van der Waals surface area contributed by atoms with Gasteiger partial charge in [-0.1, -0.05) is 26.8 Å². The van der Waals surface area contributed by atoms with E-state index in [-0.39, 0.29) is 5.91 Å². The molecule has 198 valence electrons. The highest BCUT2D eigenvalue weighted by Crippen LogP contribution is 2.36. The number of aromatic nitrogens is 2. The number of H-pyrrole nitrogens is 1. The summed E-state index contributed by atoms with van der Waals surface area (Å²) >= 11 is 0. The maximum absolute atomic E-state index is 11.5. The van der Waals surface area contributed by atoms with E-state index in [1.165, 1.54) is 87.4 Å². The van der Waals surface area contributed by atoms with Crippen LogP contribution in [0.3, 0.4) is 0 Å². The summed E-state index contributed by atoms with van der Waals surface area (Å²) in [5, 5.41) is 4.13. The molecule has 1 aromatic carbocycles. The number of pyridine rings is 1. The van der Waals surface area contributed by atoms with Gasteiger partial charge in [0.15, 0.2) is 0 Å². The number of carbonyl (C=O) groups is 1. The molecule has 6 nitrogen and oxygen atoms in total. The van der Waals surface area contributed by atoms with Gasteiger partial charge >= 0.3 is 0 Å². The second-order valence-electron chi connectivity index (χ2n) is 11.5. The third-order valence-corrected chi connectivity index (χ3v) is 8.33. The van der Waals surface area contributed by atoms with Crippen LogP contribution in [0.1, 0.15) is 70.4 Å². The van der Waals surface area contributed by atoms with Crippen molar-refractivity contribution >= 4 is 22.6 Å². The number of nitrogens with one attached hydrogen (secondary N) is 2. The van der Waals surface area contributed by atoms with E-state index in [4.69, 9.17) is 0 Å². The summed E-state index contributed by atoms with van der Waals surface area (Å²) in [5.74, 6) is 1.88. The largest absolute Gasteiger partial charge is 0.354 e. The van der Waals surface area contributed by atoms with E-state index < -0.39 is 0 Å². The Bertz CT molecular complexity index is 1220. The first-order valence-electron chi connectivity index (χ1n) is 14.3. The summed E-state index contributed by atoms with van der Waals surface area (Å²) in [5.41, 5.74) is 6.18. The van der Waals surface area contributed by atoms with Gasteiger partial charge in [0, 0.05) is 47.9 Å². The van der Waals surface area contributed by atoms with Gasteiger partial charge in [0.25, 0.3) is 0 Å². The maximum atomic E-state index is 11.5. The molecule has 0 bridgehead atoms. The van der Waals surface area contributed by atoms with Crippen LogP contribution in [-0.4, -0.2) is 64.4 Å². The van der Waals surface area contributed by atoms with Gasteiger partial charge in [-0.3, -0.25) is 4.79 Å². The fourth-order valence-corrected chi connectivity index (χ4v) is 6.55. The van der Waals surface area contributed by atoms with Crippen LogP contribution in [0.25, 0.3) is 22.2 Å². The van der Waals surface area contributed by atoms with Crippen molar-refractivity contribution in [3.8, 4) is 11.3 Å². The van der Waals surface area contributed by atoms with Crippen LogP contribution in [0.5, 0.6) is 0 Å². The summed E-state index contributed by atoms with van der Waals surface area (Å²) in [6, 6.07) is 11.8. The van der Waals surface area contributed by atoms with E-state index in [9.17, 15) is 4.79 Å². The number of benzene rings is 1. The summed E-state index contributed by atoms with van der Waals surface area (Å²) in [6.45, 7) is 14.6. The van der Waals surface area contributed by atoms with Crippen LogP contribution >= 0.6 is 0 Å². The second-order valence-corrected chi connectivity index (χ2v) is 11.5. The number of aryl methyl sites for hydroxylation is 1. The number of amides is 1. The highest BCUT2D eigenvalue weighted by molar-refractivity contribution is 5.92. The molecular formula is C31H43N5O. The first kappa shape index (κ1) is 25.9. The number of piperidine rings is 2. The second kappa shape index (κ2) is 11.4. The van der Waals surface area contributed by atoms with E-state index in [0.29, 0.717) is 11.7 Å². The first-order valence-corrected chi connectivity index (χ1v) is 14.3. The minimum atomic E-state index is -0.107. The van der Waals surface area contributed by atoms with Crippen molar-refractivity contribution in [2.45, 2.75) is 71.8 Å². The highest BCUT2D eigenvalue weighted by Gasteiger charge is 2.29. The minimum Gasteiger partial charge on any atom is -0.354 e. The number of carbonyl (C=O) groups excluding carboxylic acids is 1. The van der Waals surface area contributed by atoms with Crippen molar-refractivity contribution in [2.75, 3.05) is 38.0 Å². The Morgan fingerprint density at radius 1 is 1.08 bits per heavy atom. The van der Waals surface area contributed by atoms with Crippen LogP contribution in [0, 0.1) is 5.92 Å². The van der Waals surface area contributed by atoms with E-state index >= 15 is 0 Å². The van der Waals surface area contributed by atoms with Gasteiger partial charge in [-0.25, -0.2) is 4.98 Å². The summed E-state index contributed by atoms with van der Waals surface area (Å²) in [6.07, 6.45) is 7.87. The lowest BCUT2D eigenvalue weighted by Gasteiger charge is -2.42. The molecule has 2 saturated heterocycles. The molecule has 0 saturated carbocycles.